The van der Waals surface area contributed by atoms with Crippen molar-refractivity contribution in [3.05, 3.63) is 46.6 Å². The second kappa shape index (κ2) is 7.71. The van der Waals surface area contributed by atoms with E-state index in [1.165, 1.54) is 24.8 Å². The zero-order valence-corrected chi connectivity index (χ0v) is 16.2. The van der Waals surface area contributed by atoms with Crippen LogP contribution in [0.5, 0.6) is 0 Å². The molecule has 8 heteroatoms. The minimum atomic E-state index is -0.452. The summed E-state index contributed by atoms with van der Waals surface area (Å²) in [6.07, 6.45) is 1.21. The van der Waals surface area contributed by atoms with Gasteiger partial charge >= 0.3 is 11.9 Å². The molecule has 7 nitrogen and oxygen atoms in total. The van der Waals surface area contributed by atoms with Crippen molar-refractivity contribution >= 4 is 45.0 Å². The van der Waals surface area contributed by atoms with Crippen LogP contribution in [0.15, 0.2) is 30.6 Å². The maximum Gasteiger partial charge on any atom is 0.348 e. The molecule has 0 aliphatic rings. The van der Waals surface area contributed by atoms with Crippen LogP contribution in [-0.2, 0) is 9.47 Å². The molecule has 0 aliphatic carbocycles. The fourth-order valence-electron chi connectivity index (χ4n) is 2.64. The van der Waals surface area contributed by atoms with E-state index in [0.717, 1.165) is 10.9 Å². The van der Waals surface area contributed by atoms with Gasteiger partial charge in [-0.3, -0.25) is 0 Å². The lowest BCUT2D eigenvalue weighted by Gasteiger charge is -2.11. The molecular weight excluding hydrogens is 366 g/mol. The molecule has 0 radical (unpaired) electrons. The Labute approximate surface area is 160 Å². The number of rotatable bonds is 5. The van der Waals surface area contributed by atoms with Gasteiger partial charge in [-0.15, -0.1) is 11.3 Å². The number of nitrogens with zero attached hydrogens (tertiary/aromatic N) is 2. The summed E-state index contributed by atoms with van der Waals surface area (Å²) in [4.78, 5) is 34.1. The number of aromatic nitrogens is 2. The lowest BCUT2D eigenvalue weighted by molar-refractivity contribution is 0.0382. The number of thiophene rings is 1. The number of benzene rings is 1. The van der Waals surface area contributed by atoms with Gasteiger partial charge in [0.05, 0.1) is 29.9 Å². The number of para-hydroxylation sites is 1. The van der Waals surface area contributed by atoms with Crippen LogP contribution < -0.4 is 5.32 Å². The van der Waals surface area contributed by atoms with Crippen molar-refractivity contribution in [3.8, 4) is 0 Å². The molecule has 0 saturated heterocycles. The predicted octanol–water partition coefficient (Wildman–Crippen LogP) is 4.10. The third-order valence-corrected chi connectivity index (χ3v) is 5.02. The van der Waals surface area contributed by atoms with Crippen LogP contribution in [0.4, 0.5) is 11.5 Å². The van der Waals surface area contributed by atoms with Gasteiger partial charge < -0.3 is 14.8 Å². The van der Waals surface area contributed by atoms with Crippen molar-refractivity contribution in [2.45, 2.75) is 26.9 Å². The number of nitrogens with one attached hydrogen (secondary N) is 1. The average molecular weight is 385 g/mol. The maximum atomic E-state index is 12.4. The lowest BCUT2D eigenvalue weighted by Crippen LogP contribution is -2.11. The molecule has 3 rings (SSSR count). The molecular formula is C19H19N3O4S. The Hall–Kier alpha value is -3.00. The van der Waals surface area contributed by atoms with Gasteiger partial charge in [-0.2, -0.15) is 0 Å². The van der Waals surface area contributed by atoms with Crippen LogP contribution in [-0.4, -0.2) is 35.1 Å². The molecule has 0 atom stereocenters. The largest absolute Gasteiger partial charge is 0.465 e. The van der Waals surface area contributed by atoms with E-state index < -0.39 is 5.97 Å². The first-order valence-electron chi connectivity index (χ1n) is 8.31. The Morgan fingerprint density at radius 3 is 2.59 bits per heavy atom. The summed E-state index contributed by atoms with van der Waals surface area (Å²) in [6.45, 7) is 5.44. The topological polar surface area (TPSA) is 90.4 Å². The number of carbonyl (C=O) groups excluding carboxylic acids is 2. The summed E-state index contributed by atoms with van der Waals surface area (Å²) < 4.78 is 10.1. The number of ether oxygens (including phenoxy) is 2. The van der Waals surface area contributed by atoms with E-state index in [1.54, 1.807) is 38.1 Å². The molecule has 0 amide bonds. The van der Waals surface area contributed by atoms with Crippen LogP contribution in [0.2, 0.25) is 0 Å². The maximum absolute atomic E-state index is 12.4. The van der Waals surface area contributed by atoms with Gasteiger partial charge in [0, 0.05) is 0 Å². The van der Waals surface area contributed by atoms with Crippen molar-refractivity contribution < 1.29 is 19.1 Å². The van der Waals surface area contributed by atoms with Crippen molar-refractivity contribution in [2.24, 2.45) is 0 Å². The fourth-order valence-corrected chi connectivity index (χ4v) is 3.67. The summed E-state index contributed by atoms with van der Waals surface area (Å²) in [5.41, 5.74) is 1.68. The second-order valence-electron chi connectivity index (χ2n) is 6.07. The molecule has 140 valence electrons. The van der Waals surface area contributed by atoms with Gasteiger partial charge in [0.25, 0.3) is 0 Å². The monoisotopic (exact) mass is 385 g/mol. The highest BCUT2D eigenvalue weighted by Gasteiger charge is 2.22. The van der Waals surface area contributed by atoms with Crippen LogP contribution >= 0.6 is 11.3 Å². The first-order valence-corrected chi connectivity index (χ1v) is 9.13. The summed E-state index contributed by atoms with van der Waals surface area (Å²) in [5.74, 6) is -0.327. The van der Waals surface area contributed by atoms with E-state index in [-0.39, 0.29) is 12.1 Å². The molecule has 3 aromatic rings. The molecule has 0 spiro atoms. The lowest BCUT2D eigenvalue weighted by atomic mass is 10.1. The first kappa shape index (κ1) is 18.8. The fraction of sp³-hybridized carbons (Fsp3) is 0.263. The van der Waals surface area contributed by atoms with Gasteiger partial charge in [-0.25, -0.2) is 19.6 Å². The molecule has 0 unspecified atom stereocenters. The molecule has 2 aromatic heterocycles. The summed E-state index contributed by atoms with van der Waals surface area (Å²) in [7, 11) is 1.33. The van der Waals surface area contributed by atoms with Crippen LogP contribution in [0.1, 0.15) is 39.4 Å². The Kier molecular flexibility index (Phi) is 5.36. The van der Waals surface area contributed by atoms with Crippen molar-refractivity contribution in [1.29, 1.82) is 0 Å². The molecule has 0 aliphatic heterocycles. The van der Waals surface area contributed by atoms with Gasteiger partial charge in [0.1, 0.15) is 21.9 Å². The average Bonchev–Trinajstić information content (AvgIpc) is 2.99. The molecule has 2 heterocycles. The number of fused-ring (bicyclic) bond motifs is 1. The normalized spacial score (nSPS) is 10.9. The number of anilines is 2. The highest BCUT2D eigenvalue weighted by Crippen LogP contribution is 2.35. The van der Waals surface area contributed by atoms with Gasteiger partial charge in [0.15, 0.2) is 0 Å². The zero-order valence-electron chi connectivity index (χ0n) is 15.4. The Bertz CT molecular complexity index is 1010. The van der Waals surface area contributed by atoms with Crippen molar-refractivity contribution in [3.63, 3.8) is 0 Å². The number of methoxy groups -OCH3 is 1. The second-order valence-corrected chi connectivity index (χ2v) is 7.07. The molecule has 27 heavy (non-hydrogen) atoms. The van der Waals surface area contributed by atoms with E-state index in [0.29, 0.717) is 26.8 Å². The standard InChI is InChI=1S/C19H19N3O4S/c1-10(2)26-19(24)15-11(3)14-16(20-9-21-17(14)27-15)22-13-8-6-5-7-12(13)18(23)25-4/h5-10H,1-4H3,(H,20,21,22). The van der Waals surface area contributed by atoms with Crippen LogP contribution in [0, 0.1) is 6.92 Å². The number of hydrogen-bond donors (Lipinski definition) is 1. The predicted molar refractivity (Wildman–Crippen MR) is 104 cm³/mol. The minimum Gasteiger partial charge on any atom is -0.465 e. The number of aryl methyl sites for hydroxylation is 1. The number of esters is 2. The smallest absolute Gasteiger partial charge is 0.348 e. The number of carbonyl (C=O) groups is 2. The van der Waals surface area contributed by atoms with Crippen LogP contribution in [0.3, 0.4) is 0 Å². The third kappa shape index (κ3) is 3.75. The van der Waals surface area contributed by atoms with Crippen molar-refractivity contribution in [2.75, 3.05) is 12.4 Å². The van der Waals surface area contributed by atoms with Crippen LogP contribution in [0.25, 0.3) is 10.2 Å². The third-order valence-electron chi connectivity index (χ3n) is 3.84. The Balaban J connectivity index is 2.06. The van der Waals surface area contributed by atoms with E-state index in [2.05, 4.69) is 15.3 Å². The summed E-state index contributed by atoms with van der Waals surface area (Å²) in [5, 5.41) is 3.89. The molecule has 0 saturated carbocycles. The zero-order chi connectivity index (χ0) is 19.6. The molecule has 1 N–H and O–H groups in total. The van der Waals surface area contributed by atoms with E-state index in [4.69, 9.17) is 9.47 Å². The van der Waals surface area contributed by atoms with E-state index in [9.17, 15) is 9.59 Å². The quantitative estimate of drug-likeness (QED) is 0.661. The van der Waals surface area contributed by atoms with Gasteiger partial charge in [-0.1, -0.05) is 12.1 Å². The first-order chi connectivity index (χ1) is 12.9. The number of hydrogen-bond acceptors (Lipinski definition) is 8. The SMILES string of the molecule is COC(=O)c1ccccc1Nc1ncnc2sc(C(=O)OC(C)C)c(C)c12. The summed E-state index contributed by atoms with van der Waals surface area (Å²) >= 11 is 1.26. The van der Waals surface area contributed by atoms with E-state index >= 15 is 0 Å². The molecule has 0 bridgehead atoms. The Morgan fingerprint density at radius 1 is 1.15 bits per heavy atom. The van der Waals surface area contributed by atoms with Gasteiger partial charge in [-0.05, 0) is 38.5 Å². The minimum absolute atomic E-state index is 0.210. The molecule has 0 fully saturated rings. The highest BCUT2D eigenvalue weighted by molar-refractivity contribution is 7.20. The summed E-state index contributed by atoms with van der Waals surface area (Å²) in [6, 6.07) is 6.98. The van der Waals surface area contributed by atoms with Gasteiger partial charge in [0.2, 0.25) is 0 Å². The Morgan fingerprint density at radius 2 is 1.89 bits per heavy atom. The van der Waals surface area contributed by atoms with E-state index in [1.807, 2.05) is 6.92 Å². The molecule has 1 aromatic carbocycles. The van der Waals surface area contributed by atoms with Crippen molar-refractivity contribution in [1.82, 2.24) is 9.97 Å². The highest BCUT2D eigenvalue weighted by atomic mass is 32.1.